The zero-order chi connectivity index (χ0) is 15.2. The minimum Gasteiger partial charge on any atom is -0.496 e. The van der Waals surface area contributed by atoms with E-state index in [-0.39, 0.29) is 6.04 Å². The quantitative estimate of drug-likeness (QED) is 0.885. The summed E-state index contributed by atoms with van der Waals surface area (Å²) in [5, 5.41) is 0. The van der Waals surface area contributed by atoms with E-state index in [1.807, 2.05) is 31.2 Å². The molecule has 0 radical (unpaired) electrons. The zero-order valence-electron chi connectivity index (χ0n) is 12.8. The maximum absolute atomic E-state index is 6.34. The first kappa shape index (κ1) is 15.3. The molecule has 2 rings (SSSR count). The second kappa shape index (κ2) is 7.09. The number of aromatic nitrogens is 1. The average molecular weight is 286 g/mol. The van der Waals surface area contributed by atoms with Crippen molar-refractivity contribution in [3.05, 3.63) is 53.3 Å². The molecule has 21 heavy (non-hydrogen) atoms. The van der Waals surface area contributed by atoms with Gasteiger partial charge in [-0.25, -0.2) is 0 Å². The van der Waals surface area contributed by atoms with Crippen LogP contribution in [0.2, 0.25) is 0 Å². The number of hydrogen-bond donors (Lipinski definition) is 1. The molecule has 4 nitrogen and oxygen atoms in total. The molecule has 4 heteroatoms. The van der Waals surface area contributed by atoms with Gasteiger partial charge in [0, 0.05) is 6.20 Å². The fourth-order valence-electron chi connectivity index (χ4n) is 2.19. The molecule has 0 saturated carbocycles. The first-order valence-corrected chi connectivity index (χ1v) is 7.13. The minimum atomic E-state index is -0.229. The molecule has 0 aliphatic heterocycles. The van der Waals surface area contributed by atoms with Crippen molar-refractivity contribution in [1.82, 2.24) is 4.98 Å². The van der Waals surface area contributed by atoms with Gasteiger partial charge in [-0.2, -0.15) is 0 Å². The smallest absolute Gasteiger partial charge is 0.137 e. The number of pyridine rings is 1. The molecule has 112 valence electrons. The highest BCUT2D eigenvalue weighted by Gasteiger charge is 2.12. The van der Waals surface area contributed by atoms with Crippen LogP contribution in [0.1, 0.15) is 36.1 Å². The lowest BCUT2D eigenvalue weighted by Crippen LogP contribution is -2.12. The van der Waals surface area contributed by atoms with Crippen LogP contribution in [-0.2, 0) is 0 Å². The molecule has 1 unspecified atom stereocenters. The van der Waals surface area contributed by atoms with E-state index in [0.717, 1.165) is 34.6 Å². The minimum absolute atomic E-state index is 0.229. The van der Waals surface area contributed by atoms with Crippen molar-refractivity contribution in [2.75, 3.05) is 13.7 Å². The maximum atomic E-state index is 6.34. The Morgan fingerprint density at radius 1 is 1.19 bits per heavy atom. The number of rotatable bonds is 6. The summed E-state index contributed by atoms with van der Waals surface area (Å²) in [4.78, 5) is 4.21. The van der Waals surface area contributed by atoms with Gasteiger partial charge in [0.1, 0.15) is 11.5 Å². The van der Waals surface area contributed by atoms with Crippen LogP contribution in [0.25, 0.3) is 0 Å². The van der Waals surface area contributed by atoms with Crippen molar-refractivity contribution in [2.45, 2.75) is 26.3 Å². The van der Waals surface area contributed by atoms with Gasteiger partial charge >= 0.3 is 0 Å². The molecule has 0 aliphatic rings. The summed E-state index contributed by atoms with van der Waals surface area (Å²) in [5.41, 5.74) is 9.37. The van der Waals surface area contributed by atoms with Gasteiger partial charge in [0.15, 0.2) is 0 Å². The van der Waals surface area contributed by atoms with Gasteiger partial charge in [0.05, 0.1) is 26.0 Å². The Morgan fingerprint density at radius 2 is 2.00 bits per heavy atom. The third-order valence-electron chi connectivity index (χ3n) is 3.34. The summed E-state index contributed by atoms with van der Waals surface area (Å²) >= 11 is 0. The van der Waals surface area contributed by atoms with Gasteiger partial charge in [0.25, 0.3) is 0 Å². The third kappa shape index (κ3) is 3.73. The molecule has 0 bridgehead atoms. The SMILES string of the molecule is CCCOc1cncc(C(N)c2ccc(OC)c(C)c2)c1. The molecule has 1 aromatic heterocycles. The molecule has 1 aromatic carbocycles. The molecule has 0 spiro atoms. The van der Waals surface area contributed by atoms with Crippen LogP contribution in [0, 0.1) is 6.92 Å². The van der Waals surface area contributed by atoms with Crippen LogP contribution in [0.15, 0.2) is 36.7 Å². The highest BCUT2D eigenvalue weighted by atomic mass is 16.5. The van der Waals surface area contributed by atoms with Gasteiger partial charge in [-0.1, -0.05) is 19.1 Å². The predicted molar refractivity (Wildman–Crippen MR) is 83.8 cm³/mol. The second-order valence-electron chi connectivity index (χ2n) is 5.01. The summed E-state index contributed by atoms with van der Waals surface area (Å²) < 4.78 is 10.9. The Kier molecular flexibility index (Phi) is 5.17. The van der Waals surface area contributed by atoms with Crippen LogP contribution in [0.4, 0.5) is 0 Å². The Balaban J connectivity index is 2.22. The largest absolute Gasteiger partial charge is 0.496 e. The summed E-state index contributed by atoms with van der Waals surface area (Å²) in [7, 11) is 1.67. The summed E-state index contributed by atoms with van der Waals surface area (Å²) in [6, 6.07) is 7.69. The molecule has 0 saturated heterocycles. The topological polar surface area (TPSA) is 57.4 Å². The monoisotopic (exact) mass is 286 g/mol. The highest BCUT2D eigenvalue weighted by molar-refractivity contribution is 5.41. The van der Waals surface area contributed by atoms with Crippen molar-refractivity contribution < 1.29 is 9.47 Å². The number of ether oxygens (including phenoxy) is 2. The Bertz CT molecular complexity index is 599. The van der Waals surface area contributed by atoms with E-state index >= 15 is 0 Å². The normalized spacial score (nSPS) is 12.0. The van der Waals surface area contributed by atoms with E-state index in [4.69, 9.17) is 15.2 Å². The molecular weight excluding hydrogens is 264 g/mol. The molecule has 2 aromatic rings. The van der Waals surface area contributed by atoms with E-state index in [2.05, 4.69) is 11.9 Å². The maximum Gasteiger partial charge on any atom is 0.137 e. The van der Waals surface area contributed by atoms with Gasteiger partial charge in [0.2, 0.25) is 0 Å². The van der Waals surface area contributed by atoms with Gasteiger partial charge in [-0.05, 0) is 42.2 Å². The van der Waals surface area contributed by atoms with Crippen molar-refractivity contribution in [2.24, 2.45) is 5.73 Å². The van der Waals surface area contributed by atoms with Crippen molar-refractivity contribution >= 4 is 0 Å². The lowest BCUT2D eigenvalue weighted by atomic mass is 9.99. The van der Waals surface area contributed by atoms with E-state index < -0.39 is 0 Å². The van der Waals surface area contributed by atoms with Crippen LogP contribution >= 0.6 is 0 Å². The van der Waals surface area contributed by atoms with Crippen molar-refractivity contribution in [3.63, 3.8) is 0 Å². The van der Waals surface area contributed by atoms with Crippen molar-refractivity contribution in [1.29, 1.82) is 0 Å². The first-order chi connectivity index (χ1) is 10.2. The Labute approximate surface area is 125 Å². The first-order valence-electron chi connectivity index (χ1n) is 7.13. The number of methoxy groups -OCH3 is 1. The molecule has 0 aliphatic carbocycles. The lowest BCUT2D eigenvalue weighted by molar-refractivity contribution is 0.315. The van der Waals surface area contributed by atoms with Gasteiger partial charge in [-0.15, -0.1) is 0 Å². The highest BCUT2D eigenvalue weighted by Crippen LogP contribution is 2.26. The molecule has 1 atom stereocenters. The van der Waals surface area contributed by atoms with E-state index in [9.17, 15) is 0 Å². The van der Waals surface area contributed by atoms with Crippen LogP contribution < -0.4 is 15.2 Å². The number of hydrogen-bond acceptors (Lipinski definition) is 4. The molecule has 0 fully saturated rings. The fraction of sp³-hybridized carbons (Fsp3) is 0.353. The van der Waals surface area contributed by atoms with Gasteiger partial charge < -0.3 is 15.2 Å². The van der Waals surface area contributed by atoms with Crippen LogP contribution in [-0.4, -0.2) is 18.7 Å². The standard InChI is InChI=1S/C17H22N2O2/c1-4-7-21-15-9-14(10-19-11-15)17(18)13-5-6-16(20-3)12(2)8-13/h5-6,8-11,17H,4,7,18H2,1-3H3. The second-order valence-corrected chi connectivity index (χ2v) is 5.01. The molecule has 2 N–H and O–H groups in total. The van der Waals surface area contributed by atoms with E-state index in [1.54, 1.807) is 19.5 Å². The third-order valence-corrected chi connectivity index (χ3v) is 3.34. The summed E-state index contributed by atoms with van der Waals surface area (Å²) in [5.74, 6) is 1.62. The summed E-state index contributed by atoms with van der Waals surface area (Å²) in [6.07, 6.45) is 4.46. The van der Waals surface area contributed by atoms with E-state index in [1.165, 1.54) is 0 Å². The van der Waals surface area contributed by atoms with Crippen LogP contribution in [0.3, 0.4) is 0 Å². The van der Waals surface area contributed by atoms with Crippen molar-refractivity contribution in [3.8, 4) is 11.5 Å². The molecule has 0 amide bonds. The lowest BCUT2D eigenvalue weighted by Gasteiger charge is -2.15. The summed E-state index contributed by atoms with van der Waals surface area (Å²) in [6.45, 7) is 4.76. The van der Waals surface area contributed by atoms with Gasteiger partial charge in [-0.3, -0.25) is 4.98 Å². The predicted octanol–water partition coefficient (Wildman–Crippen LogP) is 3.24. The molecular formula is C17H22N2O2. The molecule has 1 heterocycles. The number of benzene rings is 1. The fourth-order valence-corrected chi connectivity index (χ4v) is 2.19. The Hall–Kier alpha value is -2.07. The number of nitrogens with zero attached hydrogens (tertiary/aromatic N) is 1. The Morgan fingerprint density at radius 3 is 2.67 bits per heavy atom. The van der Waals surface area contributed by atoms with Crippen LogP contribution in [0.5, 0.6) is 11.5 Å². The number of nitrogens with two attached hydrogens (primary N) is 1. The average Bonchev–Trinajstić information content (AvgIpc) is 2.52. The number of aryl methyl sites for hydroxylation is 1. The zero-order valence-corrected chi connectivity index (χ0v) is 12.8. The van der Waals surface area contributed by atoms with E-state index in [0.29, 0.717) is 6.61 Å².